The third kappa shape index (κ3) is 2.19. The average Bonchev–Trinajstić information content (AvgIpc) is 2.87. The molecule has 0 unspecified atom stereocenters. The zero-order chi connectivity index (χ0) is 18.0. The molecule has 0 aromatic rings. The van der Waals surface area contributed by atoms with Gasteiger partial charge in [-0.1, -0.05) is 47.0 Å². The van der Waals surface area contributed by atoms with Crippen molar-refractivity contribution in [2.24, 2.45) is 22.7 Å². The van der Waals surface area contributed by atoms with Crippen LogP contribution < -0.4 is 0 Å². The first-order chi connectivity index (χ1) is 11.8. The number of allylic oxidation sites excluding steroid dienone is 4. The van der Waals surface area contributed by atoms with Crippen LogP contribution in [0.5, 0.6) is 0 Å². The van der Waals surface area contributed by atoms with Crippen molar-refractivity contribution < 1.29 is 14.7 Å². The first-order valence-corrected chi connectivity index (χ1v) is 10.6. The van der Waals surface area contributed by atoms with Gasteiger partial charge in [-0.25, -0.2) is 0 Å². The highest BCUT2D eigenvalue weighted by atomic mass is 79.9. The first-order valence-electron chi connectivity index (χ1n) is 9.52. The van der Waals surface area contributed by atoms with Crippen LogP contribution in [-0.2, 0) is 9.59 Å². The summed E-state index contributed by atoms with van der Waals surface area (Å²) in [4.78, 5) is 24.4. The Morgan fingerprint density at radius 3 is 2.76 bits per heavy atom. The van der Waals surface area contributed by atoms with E-state index in [1.807, 2.05) is 6.08 Å². The van der Waals surface area contributed by atoms with E-state index in [0.29, 0.717) is 24.7 Å². The van der Waals surface area contributed by atoms with Gasteiger partial charge in [0, 0.05) is 17.3 Å². The highest BCUT2D eigenvalue weighted by Gasteiger charge is 2.64. The number of carbonyl (C=O) groups is 2. The minimum absolute atomic E-state index is 0.0122. The van der Waals surface area contributed by atoms with Gasteiger partial charge in [-0.3, -0.25) is 9.59 Å². The topological polar surface area (TPSA) is 54.4 Å². The van der Waals surface area contributed by atoms with Crippen LogP contribution in [0.25, 0.3) is 0 Å². The average molecular weight is 407 g/mol. The Morgan fingerprint density at radius 1 is 1.28 bits per heavy atom. The smallest absolute Gasteiger partial charge is 0.175 e. The standard InChI is InChI=1S/C21H27BrO3/c1-19-8-5-14(23)11-13(19)3-4-15-16(19)6-9-20(2)17(15)7-10-21(20,25)18(24)12-22/h6,11,15,17,25H,3-5,7-10,12H2,1-2H3/t15-,17+,19+,20+,21-/m1/s1. The van der Waals surface area contributed by atoms with Gasteiger partial charge in [0.1, 0.15) is 5.60 Å². The molecule has 0 heterocycles. The number of ketones is 2. The summed E-state index contributed by atoms with van der Waals surface area (Å²) >= 11 is 3.26. The van der Waals surface area contributed by atoms with E-state index >= 15 is 0 Å². The van der Waals surface area contributed by atoms with E-state index in [1.54, 1.807) is 0 Å². The lowest BCUT2D eigenvalue weighted by atomic mass is 9.50. The van der Waals surface area contributed by atoms with Crippen molar-refractivity contribution in [3.8, 4) is 0 Å². The fraction of sp³-hybridized carbons (Fsp3) is 0.714. The number of carbonyl (C=O) groups excluding carboxylic acids is 2. The monoisotopic (exact) mass is 406 g/mol. The van der Waals surface area contributed by atoms with Gasteiger partial charge in [0.05, 0.1) is 5.33 Å². The van der Waals surface area contributed by atoms with Gasteiger partial charge in [0.2, 0.25) is 0 Å². The molecular formula is C21H27BrO3. The quantitative estimate of drug-likeness (QED) is 0.553. The van der Waals surface area contributed by atoms with Crippen LogP contribution in [-0.4, -0.2) is 27.6 Å². The molecule has 0 bridgehead atoms. The van der Waals surface area contributed by atoms with Crippen LogP contribution in [0.2, 0.25) is 0 Å². The molecule has 136 valence electrons. The predicted molar refractivity (Wildman–Crippen MR) is 100 cm³/mol. The summed E-state index contributed by atoms with van der Waals surface area (Å²) in [5.41, 5.74) is 1.23. The normalized spacial score (nSPS) is 45.8. The maximum absolute atomic E-state index is 12.5. The third-order valence-corrected chi connectivity index (χ3v) is 8.58. The van der Waals surface area contributed by atoms with Crippen molar-refractivity contribution in [1.29, 1.82) is 0 Å². The number of rotatable bonds is 2. The van der Waals surface area contributed by atoms with Gasteiger partial charge in [-0.15, -0.1) is 0 Å². The fourth-order valence-electron chi connectivity index (χ4n) is 6.44. The van der Waals surface area contributed by atoms with Gasteiger partial charge in [-0.2, -0.15) is 0 Å². The molecule has 0 aromatic heterocycles. The molecule has 0 radical (unpaired) electrons. The number of alkyl halides is 1. The van der Waals surface area contributed by atoms with Crippen molar-refractivity contribution in [1.82, 2.24) is 0 Å². The Morgan fingerprint density at radius 2 is 2.04 bits per heavy atom. The largest absolute Gasteiger partial charge is 0.381 e. The molecule has 0 saturated heterocycles. The molecule has 4 aliphatic carbocycles. The molecule has 4 aliphatic rings. The van der Waals surface area contributed by atoms with Crippen molar-refractivity contribution >= 4 is 27.5 Å². The van der Waals surface area contributed by atoms with Gasteiger partial charge in [0.15, 0.2) is 11.6 Å². The van der Waals surface area contributed by atoms with Crippen molar-refractivity contribution in [2.45, 2.75) is 64.4 Å². The van der Waals surface area contributed by atoms with E-state index in [4.69, 9.17) is 0 Å². The Kier molecular flexibility index (Phi) is 3.98. The maximum Gasteiger partial charge on any atom is 0.175 e. The molecule has 3 nitrogen and oxygen atoms in total. The number of fused-ring (bicyclic) bond motifs is 5. The van der Waals surface area contributed by atoms with E-state index in [-0.39, 0.29) is 27.7 Å². The van der Waals surface area contributed by atoms with E-state index in [0.717, 1.165) is 32.1 Å². The Bertz CT molecular complexity index is 708. The van der Waals surface area contributed by atoms with Crippen LogP contribution in [0, 0.1) is 22.7 Å². The second-order valence-corrected chi connectivity index (χ2v) is 9.52. The zero-order valence-corrected chi connectivity index (χ0v) is 16.7. The molecule has 4 heteroatoms. The fourth-order valence-corrected chi connectivity index (χ4v) is 6.90. The molecular weight excluding hydrogens is 380 g/mol. The SMILES string of the molecule is C[C@]12CCC(=O)C=C1CC[C@@H]1C2=CC[C@@]2(C)[C@H]1CC[C@@]2(O)C(=O)CBr. The number of hydrogen-bond acceptors (Lipinski definition) is 3. The lowest BCUT2D eigenvalue weighted by Gasteiger charge is -2.54. The lowest BCUT2D eigenvalue weighted by molar-refractivity contribution is -0.149. The highest BCUT2D eigenvalue weighted by molar-refractivity contribution is 9.09. The molecule has 1 N–H and O–H groups in total. The molecule has 0 amide bonds. The van der Waals surface area contributed by atoms with Crippen molar-refractivity contribution in [2.75, 3.05) is 5.33 Å². The molecule has 25 heavy (non-hydrogen) atoms. The molecule has 5 atom stereocenters. The van der Waals surface area contributed by atoms with Crippen LogP contribution in [0.3, 0.4) is 0 Å². The summed E-state index contributed by atoms with van der Waals surface area (Å²) < 4.78 is 0. The lowest BCUT2D eigenvalue weighted by Crippen LogP contribution is -2.55. The van der Waals surface area contributed by atoms with Crippen LogP contribution in [0.4, 0.5) is 0 Å². The summed E-state index contributed by atoms with van der Waals surface area (Å²) in [6.07, 6.45) is 10.0. The molecule has 4 rings (SSSR count). The summed E-state index contributed by atoms with van der Waals surface area (Å²) in [5, 5.41) is 11.5. The predicted octanol–water partition coefficient (Wildman–Crippen LogP) is 4.13. The summed E-state index contributed by atoms with van der Waals surface area (Å²) in [6.45, 7) is 4.42. The summed E-state index contributed by atoms with van der Waals surface area (Å²) in [6, 6.07) is 0. The minimum Gasteiger partial charge on any atom is -0.381 e. The van der Waals surface area contributed by atoms with E-state index in [9.17, 15) is 14.7 Å². The third-order valence-electron chi connectivity index (χ3n) is 8.07. The van der Waals surface area contributed by atoms with Gasteiger partial charge >= 0.3 is 0 Å². The van der Waals surface area contributed by atoms with Gasteiger partial charge in [0.25, 0.3) is 0 Å². The highest BCUT2D eigenvalue weighted by Crippen LogP contribution is 2.65. The zero-order valence-electron chi connectivity index (χ0n) is 15.1. The minimum atomic E-state index is -1.21. The van der Waals surface area contributed by atoms with Crippen LogP contribution in [0.1, 0.15) is 58.8 Å². The van der Waals surface area contributed by atoms with Crippen molar-refractivity contribution in [3.63, 3.8) is 0 Å². The van der Waals surface area contributed by atoms with Gasteiger partial charge < -0.3 is 5.11 Å². The number of hydrogen-bond donors (Lipinski definition) is 1. The Hall–Kier alpha value is -0.740. The summed E-state index contributed by atoms with van der Waals surface area (Å²) in [5.74, 6) is 0.994. The number of aliphatic hydroxyl groups is 1. The van der Waals surface area contributed by atoms with Crippen LogP contribution >= 0.6 is 15.9 Å². The summed E-state index contributed by atoms with van der Waals surface area (Å²) in [7, 11) is 0. The van der Waals surface area contributed by atoms with E-state index < -0.39 is 5.60 Å². The molecule has 2 fully saturated rings. The Balaban J connectivity index is 1.75. The molecule has 2 saturated carbocycles. The van der Waals surface area contributed by atoms with E-state index in [1.165, 1.54) is 11.1 Å². The maximum atomic E-state index is 12.5. The first kappa shape index (κ1) is 17.7. The van der Waals surface area contributed by atoms with E-state index in [2.05, 4.69) is 35.9 Å². The van der Waals surface area contributed by atoms with Crippen molar-refractivity contribution in [3.05, 3.63) is 23.3 Å². The molecule has 0 aromatic carbocycles. The number of halogens is 1. The second-order valence-electron chi connectivity index (χ2n) is 8.96. The second kappa shape index (κ2) is 5.63. The molecule has 0 aliphatic heterocycles. The van der Waals surface area contributed by atoms with Crippen LogP contribution in [0.15, 0.2) is 23.3 Å². The van der Waals surface area contributed by atoms with Gasteiger partial charge in [-0.05, 0) is 56.4 Å². The molecule has 0 spiro atoms. The number of Topliss-reactive ketones (excluding diaryl/α,β-unsaturated/α-hetero) is 1. The Labute approximate surface area is 158 Å².